The summed E-state index contributed by atoms with van der Waals surface area (Å²) in [6.45, 7) is 1.51. The SMILES string of the molecule is CC(S)C(=O)O.[NaH]. The Labute approximate surface area is 70.0 Å². The minimum atomic E-state index is -0.877. The molecule has 0 saturated carbocycles. The maximum absolute atomic E-state index is 9.62. The van der Waals surface area contributed by atoms with E-state index in [1.165, 1.54) is 6.92 Å². The molecule has 0 amide bonds. The van der Waals surface area contributed by atoms with Gasteiger partial charge in [-0.3, -0.25) is 4.79 Å². The second-order valence-electron chi connectivity index (χ2n) is 1.01. The molecule has 0 aromatic heterocycles. The molecule has 7 heavy (non-hydrogen) atoms. The van der Waals surface area contributed by atoms with Gasteiger partial charge in [0.25, 0.3) is 0 Å². The quantitative estimate of drug-likeness (QED) is 0.379. The summed E-state index contributed by atoms with van der Waals surface area (Å²) in [5, 5.41) is 7.38. The van der Waals surface area contributed by atoms with Crippen LogP contribution in [0.5, 0.6) is 0 Å². The molecule has 1 atom stereocenters. The van der Waals surface area contributed by atoms with E-state index in [-0.39, 0.29) is 29.6 Å². The fraction of sp³-hybridized carbons (Fsp3) is 0.667. The van der Waals surface area contributed by atoms with E-state index < -0.39 is 11.2 Å². The standard InChI is InChI=1S/C3H6O2S.Na.H/c1-2(6)3(4)5;;/h2,6H,1H3,(H,4,5);;. The molecule has 0 spiro atoms. The molecule has 2 nitrogen and oxygen atoms in total. The van der Waals surface area contributed by atoms with Crippen LogP contribution in [0.1, 0.15) is 6.92 Å². The van der Waals surface area contributed by atoms with Crippen molar-refractivity contribution in [2.75, 3.05) is 0 Å². The van der Waals surface area contributed by atoms with Crippen LogP contribution in [-0.2, 0) is 4.79 Å². The van der Waals surface area contributed by atoms with E-state index in [9.17, 15) is 4.79 Å². The summed E-state index contributed by atoms with van der Waals surface area (Å²) < 4.78 is 0. The van der Waals surface area contributed by atoms with Gasteiger partial charge in [-0.25, -0.2) is 0 Å². The predicted molar refractivity (Wildman–Crippen MR) is 33.2 cm³/mol. The fourth-order valence-corrected chi connectivity index (χ4v) is 0. The van der Waals surface area contributed by atoms with Gasteiger partial charge in [0.05, 0.1) is 5.25 Å². The number of hydrogen-bond donors (Lipinski definition) is 2. The number of rotatable bonds is 1. The third kappa shape index (κ3) is 6.82. The molecule has 0 radical (unpaired) electrons. The number of hydrogen-bond acceptors (Lipinski definition) is 2. The second kappa shape index (κ2) is 4.97. The molecule has 0 rings (SSSR count). The molecular formula is C3H7NaO2S. The topological polar surface area (TPSA) is 37.3 Å². The number of carboxylic acid groups (broad SMARTS) is 1. The van der Waals surface area contributed by atoms with E-state index in [1.54, 1.807) is 0 Å². The molecule has 1 unspecified atom stereocenters. The Kier molecular flexibility index (Phi) is 7.62. The first kappa shape index (κ1) is 10.7. The molecule has 0 fully saturated rings. The van der Waals surface area contributed by atoms with Crippen molar-refractivity contribution in [1.82, 2.24) is 0 Å². The molecule has 0 bridgehead atoms. The monoisotopic (exact) mass is 130 g/mol. The van der Waals surface area contributed by atoms with Crippen LogP contribution < -0.4 is 0 Å². The van der Waals surface area contributed by atoms with Gasteiger partial charge in [-0.15, -0.1) is 0 Å². The molecule has 0 heterocycles. The van der Waals surface area contributed by atoms with Gasteiger partial charge in [-0.2, -0.15) is 12.6 Å². The Bertz CT molecular complexity index is 64.0. The van der Waals surface area contributed by atoms with Crippen molar-refractivity contribution >= 4 is 48.2 Å². The van der Waals surface area contributed by atoms with Gasteiger partial charge in [0, 0.05) is 0 Å². The Balaban J connectivity index is 0. The first-order valence-corrected chi connectivity index (χ1v) is 2.07. The van der Waals surface area contributed by atoms with Crippen molar-refractivity contribution in [1.29, 1.82) is 0 Å². The second-order valence-corrected chi connectivity index (χ2v) is 1.79. The van der Waals surface area contributed by atoms with Gasteiger partial charge >= 0.3 is 35.5 Å². The average molecular weight is 130 g/mol. The van der Waals surface area contributed by atoms with Crippen LogP contribution in [0.3, 0.4) is 0 Å². The van der Waals surface area contributed by atoms with E-state index in [1.807, 2.05) is 0 Å². The van der Waals surface area contributed by atoms with E-state index in [0.29, 0.717) is 0 Å². The Morgan fingerprint density at radius 1 is 1.86 bits per heavy atom. The molecule has 4 heteroatoms. The van der Waals surface area contributed by atoms with Crippen molar-refractivity contribution in [3.63, 3.8) is 0 Å². The van der Waals surface area contributed by atoms with Gasteiger partial charge in [0.15, 0.2) is 0 Å². The summed E-state index contributed by atoms with van der Waals surface area (Å²) in [5.41, 5.74) is 0. The van der Waals surface area contributed by atoms with Crippen LogP contribution in [-0.4, -0.2) is 45.9 Å². The minimum absolute atomic E-state index is 0. The van der Waals surface area contributed by atoms with Crippen LogP contribution in [0.2, 0.25) is 0 Å². The summed E-state index contributed by atoms with van der Waals surface area (Å²) in [6.07, 6.45) is 0. The number of carboxylic acids is 1. The first-order valence-electron chi connectivity index (χ1n) is 1.55. The van der Waals surface area contributed by atoms with Crippen LogP contribution >= 0.6 is 12.6 Å². The summed E-state index contributed by atoms with van der Waals surface area (Å²) >= 11 is 3.59. The van der Waals surface area contributed by atoms with Gasteiger partial charge in [-0.05, 0) is 6.92 Å². The van der Waals surface area contributed by atoms with Gasteiger partial charge < -0.3 is 5.11 Å². The first-order chi connectivity index (χ1) is 2.64. The van der Waals surface area contributed by atoms with Gasteiger partial charge in [-0.1, -0.05) is 0 Å². The number of carbonyl (C=O) groups is 1. The molecule has 0 aliphatic rings. The van der Waals surface area contributed by atoms with Crippen molar-refractivity contribution in [3.05, 3.63) is 0 Å². The van der Waals surface area contributed by atoms with E-state index >= 15 is 0 Å². The Hall–Kier alpha value is 0.820. The van der Waals surface area contributed by atoms with E-state index in [0.717, 1.165) is 0 Å². The molecule has 0 aliphatic heterocycles. The molecule has 0 aromatic rings. The van der Waals surface area contributed by atoms with Crippen molar-refractivity contribution < 1.29 is 9.90 Å². The zero-order chi connectivity index (χ0) is 5.15. The molecule has 1 N–H and O–H groups in total. The fourth-order valence-electron chi connectivity index (χ4n) is 0. The number of thiol groups is 1. The average Bonchev–Trinajstić information content (AvgIpc) is 1.36. The maximum atomic E-state index is 9.62. The zero-order valence-electron chi connectivity index (χ0n) is 3.38. The number of aliphatic carboxylic acids is 1. The zero-order valence-corrected chi connectivity index (χ0v) is 4.27. The van der Waals surface area contributed by atoms with Crippen molar-refractivity contribution in [2.24, 2.45) is 0 Å². The van der Waals surface area contributed by atoms with Gasteiger partial charge in [0.2, 0.25) is 0 Å². The Morgan fingerprint density at radius 3 is 2.00 bits per heavy atom. The van der Waals surface area contributed by atoms with Crippen LogP contribution in [0.15, 0.2) is 0 Å². The van der Waals surface area contributed by atoms with Crippen LogP contribution in [0.25, 0.3) is 0 Å². The molecular weight excluding hydrogens is 123 g/mol. The molecule has 0 saturated heterocycles. The molecule has 38 valence electrons. The van der Waals surface area contributed by atoms with Crippen molar-refractivity contribution in [2.45, 2.75) is 12.2 Å². The van der Waals surface area contributed by atoms with E-state index in [4.69, 9.17) is 5.11 Å². The Morgan fingerprint density at radius 2 is 2.00 bits per heavy atom. The van der Waals surface area contributed by atoms with E-state index in [2.05, 4.69) is 12.6 Å². The van der Waals surface area contributed by atoms with Crippen LogP contribution in [0.4, 0.5) is 0 Å². The molecule has 0 aliphatic carbocycles. The summed E-state index contributed by atoms with van der Waals surface area (Å²) in [7, 11) is 0. The van der Waals surface area contributed by atoms with Crippen LogP contribution in [0, 0.1) is 0 Å². The van der Waals surface area contributed by atoms with Gasteiger partial charge in [0.1, 0.15) is 0 Å². The third-order valence-electron chi connectivity index (χ3n) is 0.357. The summed E-state index contributed by atoms with van der Waals surface area (Å²) in [4.78, 5) is 9.62. The summed E-state index contributed by atoms with van der Waals surface area (Å²) in [5.74, 6) is -0.877. The summed E-state index contributed by atoms with van der Waals surface area (Å²) in [6, 6.07) is 0. The predicted octanol–water partition coefficient (Wildman–Crippen LogP) is -0.259. The molecule has 0 aromatic carbocycles. The van der Waals surface area contributed by atoms with Crippen molar-refractivity contribution in [3.8, 4) is 0 Å². The normalized spacial score (nSPS) is 11.7. The third-order valence-corrected chi connectivity index (χ3v) is 0.578.